The van der Waals surface area contributed by atoms with Gasteiger partial charge in [0.25, 0.3) is 0 Å². The lowest BCUT2D eigenvalue weighted by molar-refractivity contribution is -0.124. The third-order valence-electron chi connectivity index (χ3n) is 3.31. The molecule has 2 heteroatoms. The summed E-state index contributed by atoms with van der Waals surface area (Å²) in [7, 11) is 0. The van der Waals surface area contributed by atoms with Gasteiger partial charge >= 0.3 is 0 Å². The topological polar surface area (TPSA) is 29.6 Å². The van der Waals surface area contributed by atoms with Gasteiger partial charge in [-0.05, 0) is 25.0 Å². The minimum Gasteiger partial charge on any atom is -0.356 e. The zero-order chi connectivity index (χ0) is 9.92. The molecule has 1 aromatic carbocycles. The second-order valence-corrected chi connectivity index (χ2v) is 4.55. The highest BCUT2D eigenvalue weighted by Gasteiger charge is 2.56. The minimum absolute atomic E-state index is 0.0479. The molecule has 0 spiro atoms. The molecule has 0 saturated carbocycles. The molecule has 1 aliphatic heterocycles. The van der Waals surface area contributed by atoms with Crippen molar-refractivity contribution in [3.63, 3.8) is 0 Å². The van der Waals surface area contributed by atoms with Crippen LogP contribution < -0.4 is 0 Å². The van der Waals surface area contributed by atoms with Gasteiger partial charge in [0.2, 0.25) is 0 Å². The van der Waals surface area contributed by atoms with Gasteiger partial charge in [-0.15, -0.1) is 0 Å². The Bertz CT molecular complexity index is 420. The van der Waals surface area contributed by atoms with Crippen molar-refractivity contribution in [2.24, 2.45) is 0 Å². The number of rotatable bonds is 0. The number of carbonyl (C=O) groups is 1. The Morgan fingerprint density at radius 3 is 2.71 bits per heavy atom. The summed E-state index contributed by atoms with van der Waals surface area (Å²) in [6, 6.07) is 8.08. The van der Waals surface area contributed by atoms with E-state index in [1.165, 1.54) is 5.56 Å². The first kappa shape index (κ1) is 8.18. The number of epoxide rings is 1. The summed E-state index contributed by atoms with van der Waals surface area (Å²) in [4.78, 5) is 11.9. The SMILES string of the molecule is CC1(C)C(=O)C2OC2c2ccccc21. The molecule has 2 nitrogen and oxygen atoms in total. The Kier molecular flexibility index (Phi) is 1.32. The van der Waals surface area contributed by atoms with E-state index in [1.54, 1.807) is 0 Å². The van der Waals surface area contributed by atoms with Crippen LogP contribution >= 0.6 is 0 Å². The molecule has 0 amide bonds. The molecule has 1 fully saturated rings. The molecule has 3 rings (SSSR count). The predicted octanol–water partition coefficient (Wildman–Crippen LogP) is 1.99. The highest BCUT2D eigenvalue weighted by Crippen LogP contribution is 2.51. The molecule has 0 radical (unpaired) electrons. The molecule has 1 aliphatic carbocycles. The fourth-order valence-electron chi connectivity index (χ4n) is 2.35. The number of hydrogen-bond donors (Lipinski definition) is 0. The lowest BCUT2D eigenvalue weighted by Gasteiger charge is -2.28. The summed E-state index contributed by atoms with van der Waals surface area (Å²) in [5.41, 5.74) is 1.94. The van der Waals surface area contributed by atoms with Crippen molar-refractivity contribution in [2.75, 3.05) is 0 Å². The summed E-state index contributed by atoms with van der Waals surface area (Å²) in [6.45, 7) is 3.96. The summed E-state index contributed by atoms with van der Waals surface area (Å²) in [6.07, 6.45) is -0.119. The standard InChI is InChI=1S/C12H12O2/c1-12(2)8-6-4-3-5-7(8)9-10(14-9)11(12)13/h3-6,9-10H,1-2H3. The Morgan fingerprint density at radius 2 is 1.93 bits per heavy atom. The van der Waals surface area contributed by atoms with Gasteiger partial charge in [-0.3, -0.25) is 4.79 Å². The Morgan fingerprint density at radius 1 is 1.21 bits per heavy atom. The average molecular weight is 188 g/mol. The molecule has 2 unspecified atom stereocenters. The highest BCUT2D eigenvalue weighted by atomic mass is 16.6. The van der Waals surface area contributed by atoms with Crippen LogP contribution in [-0.4, -0.2) is 11.9 Å². The van der Waals surface area contributed by atoms with Crippen LogP contribution in [0.4, 0.5) is 0 Å². The molecule has 0 bridgehead atoms. The first-order valence-electron chi connectivity index (χ1n) is 4.91. The fourth-order valence-corrected chi connectivity index (χ4v) is 2.35. The van der Waals surface area contributed by atoms with Crippen molar-refractivity contribution in [3.8, 4) is 0 Å². The Labute approximate surface area is 82.9 Å². The van der Waals surface area contributed by atoms with Gasteiger partial charge in [-0.2, -0.15) is 0 Å². The van der Waals surface area contributed by atoms with Gasteiger partial charge in [-0.1, -0.05) is 24.3 Å². The van der Waals surface area contributed by atoms with E-state index < -0.39 is 0 Å². The second kappa shape index (κ2) is 2.26. The molecule has 72 valence electrons. The van der Waals surface area contributed by atoms with E-state index >= 15 is 0 Å². The lowest BCUT2D eigenvalue weighted by Crippen LogP contribution is -2.36. The number of carbonyl (C=O) groups excluding carboxylic acids is 1. The van der Waals surface area contributed by atoms with E-state index in [4.69, 9.17) is 4.74 Å². The minimum atomic E-state index is -0.381. The molecule has 1 saturated heterocycles. The van der Waals surface area contributed by atoms with Gasteiger partial charge in [-0.25, -0.2) is 0 Å². The van der Waals surface area contributed by atoms with Gasteiger partial charge in [0.05, 0.1) is 5.41 Å². The van der Waals surface area contributed by atoms with Crippen LogP contribution in [0.2, 0.25) is 0 Å². The summed E-state index contributed by atoms with van der Waals surface area (Å²) >= 11 is 0. The van der Waals surface area contributed by atoms with Crippen LogP contribution in [0.15, 0.2) is 24.3 Å². The van der Waals surface area contributed by atoms with Crippen LogP contribution in [0.3, 0.4) is 0 Å². The van der Waals surface area contributed by atoms with Crippen LogP contribution in [0, 0.1) is 0 Å². The molecular weight excluding hydrogens is 176 g/mol. The molecule has 0 aromatic heterocycles. The van der Waals surface area contributed by atoms with Gasteiger partial charge in [0.1, 0.15) is 12.2 Å². The van der Waals surface area contributed by atoms with E-state index in [9.17, 15) is 4.79 Å². The second-order valence-electron chi connectivity index (χ2n) is 4.55. The first-order chi connectivity index (χ1) is 6.62. The lowest BCUT2D eigenvalue weighted by atomic mass is 9.72. The predicted molar refractivity (Wildman–Crippen MR) is 52.1 cm³/mol. The van der Waals surface area contributed by atoms with Crippen molar-refractivity contribution >= 4 is 5.78 Å². The molecule has 1 heterocycles. The summed E-state index contributed by atoms with van der Waals surface area (Å²) in [5.74, 6) is 0.223. The van der Waals surface area contributed by atoms with Crippen molar-refractivity contribution in [1.82, 2.24) is 0 Å². The molecule has 2 atom stereocenters. The van der Waals surface area contributed by atoms with Crippen LogP contribution in [0.5, 0.6) is 0 Å². The van der Waals surface area contributed by atoms with Crippen molar-refractivity contribution in [3.05, 3.63) is 35.4 Å². The van der Waals surface area contributed by atoms with Crippen molar-refractivity contribution in [1.29, 1.82) is 0 Å². The van der Waals surface area contributed by atoms with E-state index in [2.05, 4.69) is 6.07 Å². The Hall–Kier alpha value is -1.15. The van der Waals surface area contributed by atoms with Crippen molar-refractivity contribution in [2.45, 2.75) is 31.5 Å². The number of hydrogen-bond acceptors (Lipinski definition) is 2. The maximum atomic E-state index is 11.9. The van der Waals surface area contributed by atoms with Crippen LogP contribution in [0.25, 0.3) is 0 Å². The van der Waals surface area contributed by atoms with Gasteiger partial charge < -0.3 is 4.74 Å². The number of ketones is 1. The van der Waals surface area contributed by atoms with Crippen LogP contribution in [-0.2, 0) is 14.9 Å². The van der Waals surface area contributed by atoms with Crippen LogP contribution in [0.1, 0.15) is 31.1 Å². The number of ether oxygens (including phenoxy) is 1. The van der Waals surface area contributed by atoms with Gasteiger partial charge in [0, 0.05) is 0 Å². The van der Waals surface area contributed by atoms with Crippen molar-refractivity contribution < 1.29 is 9.53 Å². The maximum Gasteiger partial charge on any atom is 0.174 e. The Balaban J connectivity index is 2.25. The largest absolute Gasteiger partial charge is 0.356 e. The van der Waals surface area contributed by atoms with Gasteiger partial charge in [0.15, 0.2) is 5.78 Å². The quantitative estimate of drug-likeness (QED) is 0.583. The fraction of sp³-hybridized carbons (Fsp3) is 0.417. The first-order valence-corrected chi connectivity index (χ1v) is 4.91. The van der Waals surface area contributed by atoms with E-state index in [0.29, 0.717) is 0 Å². The smallest absolute Gasteiger partial charge is 0.174 e. The monoisotopic (exact) mass is 188 g/mol. The molecule has 2 aliphatic rings. The zero-order valence-corrected chi connectivity index (χ0v) is 8.28. The number of benzene rings is 1. The highest BCUT2D eigenvalue weighted by molar-refractivity contribution is 5.97. The van der Waals surface area contributed by atoms with E-state index in [1.807, 2.05) is 32.0 Å². The summed E-state index contributed by atoms with van der Waals surface area (Å²) < 4.78 is 5.40. The number of Topliss-reactive ketones (excluding diaryl/α,β-unsaturated/α-hetero) is 1. The third kappa shape index (κ3) is 0.819. The summed E-state index contributed by atoms with van der Waals surface area (Å²) in [5, 5.41) is 0. The molecular formula is C12H12O2. The molecule has 1 aromatic rings. The van der Waals surface area contributed by atoms with E-state index in [0.717, 1.165) is 5.56 Å². The maximum absolute atomic E-state index is 11.9. The molecule has 14 heavy (non-hydrogen) atoms. The van der Waals surface area contributed by atoms with E-state index in [-0.39, 0.29) is 23.4 Å². The number of fused-ring (bicyclic) bond motifs is 3. The average Bonchev–Trinajstić information content (AvgIpc) is 2.95. The molecule has 0 N–H and O–H groups in total. The third-order valence-corrected chi connectivity index (χ3v) is 3.31. The normalized spacial score (nSPS) is 32.0. The zero-order valence-electron chi connectivity index (χ0n) is 8.28.